The van der Waals surface area contributed by atoms with Crippen molar-refractivity contribution in [3.63, 3.8) is 0 Å². The first-order valence-corrected chi connectivity index (χ1v) is 7.91. The van der Waals surface area contributed by atoms with Crippen LogP contribution in [0.4, 0.5) is 4.79 Å². The van der Waals surface area contributed by atoms with Gasteiger partial charge in [0.2, 0.25) is 5.91 Å². The smallest absolute Gasteiger partial charge is 0.321 e. The summed E-state index contributed by atoms with van der Waals surface area (Å²) in [4.78, 5) is 24.5. The number of carbonyl (C=O) groups excluding carboxylic acids is 2. The Hall–Kier alpha value is -2.18. The van der Waals surface area contributed by atoms with Gasteiger partial charge in [-0.2, -0.15) is 0 Å². The van der Waals surface area contributed by atoms with E-state index >= 15 is 0 Å². The lowest BCUT2D eigenvalue weighted by Gasteiger charge is -2.12. The molecule has 1 heterocycles. The van der Waals surface area contributed by atoms with Gasteiger partial charge in [0.1, 0.15) is 0 Å². The first-order chi connectivity index (χ1) is 10.6. The van der Waals surface area contributed by atoms with Crippen molar-refractivity contribution < 1.29 is 9.59 Å². The molecule has 0 aliphatic carbocycles. The highest BCUT2D eigenvalue weighted by molar-refractivity contribution is 7.10. The van der Waals surface area contributed by atoms with Crippen LogP contribution >= 0.6 is 11.3 Å². The van der Waals surface area contributed by atoms with Gasteiger partial charge in [-0.15, -0.1) is 11.3 Å². The lowest BCUT2D eigenvalue weighted by atomic mass is 10.2. The minimum atomic E-state index is -0.487. The van der Waals surface area contributed by atoms with E-state index in [0.717, 1.165) is 10.4 Å². The highest BCUT2D eigenvalue weighted by Gasteiger charge is 2.10. The number of urea groups is 1. The van der Waals surface area contributed by atoms with Crippen LogP contribution in [0, 0.1) is 0 Å². The summed E-state index contributed by atoms with van der Waals surface area (Å²) in [6.07, 6.45) is 0. The summed E-state index contributed by atoms with van der Waals surface area (Å²) in [6, 6.07) is 13.1. The summed E-state index contributed by atoms with van der Waals surface area (Å²) in [7, 11) is 0. The zero-order valence-corrected chi connectivity index (χ0v) is 13.2. The van der Waals surface area contributed by atoms with Gasteiger partial charge in [0.15, 0.2) is 0 Å². The number of carbonyl (C=O) groups is 2. The third kappa shape index (κ3) is 5.31. The molecule has 0 unspecified atom stereocenters. The van der Waals surface area contributed by atoms with Gasteiger partial charge < -0.3 is 10.6 Å². The molecule has 2 aromatic rings. The van der Waals surface area contributed by atoms with E-state index in [1.165, 1.54) is 0 Å². The molecule has 22 heavy (non-hydrogen) atoms. The van der Waals surface area contributed by atoms with E-state index in [1.807, 2.05) is 54.8 Å². The number of hydrogen-bond acceptors (Lipinski definition) is 4. The molecule has 0 spiro atoms. The van der Waals surface area contributed by atoms with E-state index in [4.69, 9.17) is 0 Å². The van der Waals surface area contributed by atoms with Gasteiger partial charge in [-0.3, -0.25) is 10.1 Å². The molecule has 0 aliphatic rings. The van der Waals surface area contributed by atoms with Crippen molar-refractivity contribution in [3.05, 3.63) is 58.3 Å². The highest BCUT2D eigenvalue weighted by Crippen LogP contribution is 2.17. The maximum atomic E-state index is 11.7. The Kier molecular flexibility index (Phi) is 6.12. The molecule has 6 heteroatoms. The molecule has 3 N–H and O–H groups in total. The van der Waals surface area contributed by atoms with Gasteiger partial charge in [0.25, 0.3) is 0 Å². The number of thiophene rings is 1. The van der Waals surface area contributed by atoms with Crippen LogP contribution in [0.5, 0.6) is 0 Å². The van der Waals surface area contributed by atoms with Crippen molar-refractivity contribution >= 4 is 23.3 Å². The Morgan fingerprint density at radius 3 is 2.59 bits per heavy atom. The van der Waals surface area contributed by atoms with Gasteiger partial charge in [0.05, 0.1) is 6.54 Å². The Bertz CT molecular complexity index is 599. The summed E-state index contributed by atoms with van der Waals surface area (Å²) in [6.45, 7) is 2.46. The van der Waals surface area contributed by atoms with Gasteiger partial charge in [0, 0.05) is 17.5 Å². The summed E-state index contributed by atoms with van der Waals surface area (Å²) in [5.41, 5.74) is 0.981. The Morgan fingerprint density at radius 1 is 1.14 bits per heavy atom. The fourth-order valence-corrected chi connectivity index (χ4v) is 2.64. The van der Waals surface area contributed by atoms with Gasteiger partial charge in [-0.05, 0) is 23.9 Å². The second kappa shape index (κ2) is 8.31. The maximum absolute atomic E-state index is 11.7. The van der Waals surface area contributed by atoms with E-state index < -0.39 is 6.03 Å². The standard InChI is InChI=1S/C16H19N3O2S/c1-12(14-8-5-9-22-14)17-11-15(20)19-16(21)18-10-13-6-3-2-4-7-13/h2-9,12,17H,10-11H2,1H3,(H2,18,19,20,21)/t12-/m0/s1. The van der Waals surface area contributed by atoms with Crippen LogP contribution < -0.4 is 16.0 Å². The number of hydrogen-bond donors (Lipinski definition) is 3. The average Bonchev–Trinajstić information content (AvgIpc) is 3.06. The zero-order chi connectivity index (χ0) is 15.8. The predicted molar refractivity (Wildman–Crippen MR) is 87.6 cm³/mol. The maximum Gasteiger partial charge on any atom is 0.321 e. The molecule has 0 radical (unpaired) electrons. The molecule has 116 valence electrons. The van der Waals surface area contributed by atoms with E-state index in [2.05, 4.69) is 16.0 Å². The molecule has 1 aromatic heterocycles. The molecule has 0 fully saturated rings. The van der Waals surface area contributed by atoms with Crippen LogP contribution in [0.1, 0.15) is 23.4 Å². The molecule has 2 rings (SSSR count). The van der Waals surface area contributed by atoms with E-state index in [9.17, 15) is 9.59 Å². The molecule has 1 atom stereocenters. The predicted octanol–water partition coefficient (Wildman–Crippen LogP) is 2.42. The van der Waals surface area contributed by atoms with E-state index in [-0.39, 0.29) is 18.5 Å². The zero-order valence-electron chi connectivity index (χ0n) is 12.3. The second-order valence-electron chi connectivity index (χ2n) is 4.83. The molecule has 0 aliphatic heterocycles. The Morgan fingerprint density at radius 2 is 1.91 bits per heavy atom. The molecule has 0 bridgehead atoms. The molecule has 1 aromatic carbocycles. The minimum absolute atomic E-state index is 0.0816. The van der Waals surface area contributed by atoms with E-state index in [0.29, 0.717) is 6.54 Å². The molecule has 0 saturated carbocycles. The van der Waals surface area contributed by atoms with Crippen LogP contribution in [-0.2, 0) is 11.3 Å². The van der Waals surface area contributed by atoms with Crippen molar-refractivity contribution in [2.45, 2.75) is 19.5 Å². The van der Waals surface area contributed by atoms with Crippen LogP contribution in [0.2, 0.25) is 0 Å². The number of amides is 3. The average molecular weight is 317 g/mol. The summed E-state index contributed by atoms with van der Waals surface area (Å²) < 4.78 is 0. The van der Waals surface area contributed by atoms with Crippen LogP contribution in [0.15, 0.2) is 47.8 Å². The molecule has 3 amide bonds. The fraction of sp³-hybridized carbons (Fsp3) is 0.250. The third-order valence-electron chi connectivity index (χ3n) is 3.09. The van der Waals surface area contributed by atoms with Gasteiger partial charge in [-0.1, -0.05) is 36.4 Å². The van der Waals surface area contributed by atoms with Crippen LogP contribution in [0.3, 0.4) is 0 Å². The second-order valence-corrected chi connectivity index (χ2v) is 5.81. The van der Waals surface area contributed by atoms with E-state index in [1.54, 1.807) is 11.3 Å². The summed E-state index contributed by atoms with van der Waals surface area (Å²) in [5, 5.41) is 10.0. The lowest BCUT2D eigenvalue weighted by Crippen LogP contribution is -2.43. The molecular formula is C16H19N3O2S. The van der Waals surface area contributed by atoms with Crippen LogP contribution in [0.25, 0.3) is 0 Å². The molecular weight excluding hydrogens is 298 g/mol. The molecule has 0 saturated heterocycles. The fourth-order valence-electron chi connectivity index (χ4n) is 1.88. The van der Waals surface area contributed by atoms with Crippen molar-refractivity contribution in [1.82, 2.24) is 16.0 Å². The van der Waals surface area contributed by atoms with Crippen molar-refractivity contribution in [3.8, 4) is 0 Å². The van der Waals surface area contributed by atoms with Gasteiger partial charge >= 0.3 is 6.03 Å². The SMILES string of the molecule is C[C@H](NCC(=O)NC(=O)NCc1ccccc1)c1cccs1. The lowest BCUT2D eigenvalue weighted by molar-refractivity contribution is -0.119. The normalized spacial score (nSPS) is 11.7. The first-order valence-electron chi connectivity index (χ1n) is 7.03. The van der Waals surface area contributed by atoms with Crippen molar-refractivity contribution in [2.24, 2.45) is 0 Å². The number of rotatable bonds is 6. The van der Waals surface area contributed by atoms with Gasteiger partial charge in [-0.25, -0.2) is 4.79 Å². The summed E-state index contributed by atoms with van der Waals surface area (Å²) >= 11 is 1.63. The Labute approximate surface area is 133 Å². The number of imide groups is 1. The van der Waals surface area contributed by atoms with Crippen molar-refractivity contribution in [2.75, 3.05) is 6.54 Å². The van der Waals surface area contributed by atoms with Crippen LogP contribution in [-0.4, -0.2) is 18.5 Å². The minimum Gasteiger partial charge on any atom is -0.334 e. The monoisotopic (exact) mass is 317 g/mol. The number of nitrogens with one attached hydrogen (secondary N) is 3. The molecule has 5 nitrogen and oxygen atoms in total. The quantitative estimate of drug-likeness (QED) is 0.766. The topological polar surface area (TPSA) is 70.2 Å². The highest BCUT2D eigenvalue weighted by atomic mass is 32.1. The van der Waals surface area contributed by atoms with Crippen molar-refractivity contribution in [1.29, 1.82) is 0 Å². The first kappa shape index (κ1) is 16.2. The Balaban J connectivity index is 1.67. The number of benzene rings is 1. The summed E-state index contributed by atoms with van der Waals surface area (Å²) in [5.74, 6) is -0.353. The largest absolute Gasteiger partial charge is 0.334 e. The third-order valence-corrected chi connectivity index (χ3v) is 4.14.